The van der Waals surface area contributed by atoms with Gasteiger partial charge in [0.1, 0.15) is 17.4 Å². The van der Waals surface area contributed by atoms with Crippen LogP contribution in [0.2, 0.25) is 0 Å². The van der Waals surface area contributed by atoms with Crippen LogP contribution in [0.3, 0.4) is 0 Å². The molecular weight excluding hydrogens is 458 g/mol. The minimum Gasteiger partial charge on any atom is -0.507 e. The summed E-state index contributed by atoms with van der Waals surface area (Å²) in [4.78, 5) is 0. The summed E-state index contributed by atoms with van der Waals surface area (Å²) < 4.78 is 86.0. The van der Waals surface area contributed by atoms with E-state index in [2.05, 4.69) is 11.7 Å². The molecule has 3 rings (SSSR count). The minimum atomic E-state index is -3.40. The molecule has 0 atom stereocenters. The Morgan fingerprint density at radius 2 is 1.44 bits per heavy atom. The first-order valence-corrected chi connectivity index (χ1v) is 10.9. The van der Waals surface area contributed by atoms with E-state index in [4.69, 9.17) is 0 Å². The van der Waals surface area contributed by atoms with Crippen molar-refractivity contribution in [2.75, 3.05) is 0 Å². The van der Waals surface area contributed by atoms with Crippen molar-refractivity contribution in [2.45, 2.75) is 52.1 Å². The van der Waals surface area contributed by atoms with E-state index in [-0.39, 0.29) is 29.5 Å². The van der Waals surface area contributed by atoms with E-state index < -0.39 is 41.4 Å². The summed E-state index contributed by atoms with van der Waals surface area (Å²) in [5.74, 6) is -6.46. The highest BCUT2D eigenvalue weighted by atomic mass is 19.3. The second-order valence-electron chi connectivity index (χ2n) is 7.97. The van der Waals surface area contributed by atoms with Crippen LogP contribution in [-0.4, -0.2) is 11.7 Å². The molecule has 0 spiro atoms. The van der Waals surface area contributed by atoms with Crippen LogP contribution in [0.25, 0.3) is 11.1 Å². The number of ether oxygens (including phenoxy) is 1. The number of rotatable bonds is 10. The van der Waals surface area contributed by atoms with Crippen LogP contribution in [0.5, 0.6) is 11.5 Å². The van der Waals surface area contributed by atoms with Gasteiger partial charge in [-0.15, -0.1) is 0 Å². The van der Waals surface area contributed by atoms with Crippen LogP contribution in [0.1, 0.15) is 42.9 Å². The smallest absolute Gasteiger partial charge is 0.387 e. The van der Waals surface area contributed by atoms with Gasteiger partial charge in [0.2, 0.25) is 0 Å². The Balaban J connectivity index is 1.83. The summed E-state index contributed by atoms with van der Waals surface area (Å²) in [5.41, 5.74) is 0.883. The average molecular weight is 482 g/mol. The van der Waals surface area contributed by atoms with Gasteiger partial charge in [-0.05, 0) is 54.5 Å². The summed E-state index contributed by atoms with van der Waals surface area (Å²) in [6.07, 6.45) is 3.60. The van der Waals surface area contributed by atoms with Crippen LogP contribution in [0.4, 0.5) is 26.3 Å². The lowest BCUT2D eigenvalue weighted by molar-refractivity contribution is -0.0546. The van der Waals surface area contributed by atoms with Crippen LogP contribution >= 0.6 is 0 Å². The van der Waals surface area contributed by atoms with Crippen LogP contribution < -0.4 is 4.74 Å². The van der Waals surface area contributed by atoms with Crippen molar-refractivity contribution in [3.63, 3.8) is 0 Å². The molecule has 34 heavy (non-hydrogen) atoms. The van der Waals surface area contributed by atoms with E-state index in [1.807, 2.05) is 12.1 Å². The van der Waals surface area contributed by atoms with Crippen LogP contribution in [-0.2, 0) is 19.3 Å². The zero-order valence-corrected chi connectivity index (χ0v) is 18.5. The largest absolute Gasteiger partial charge is 0.507 e. The summed E-state index contributed by atoms with van der Waals surface area (Å²) >= 11 is 0. The lowest BCUT2D eigenvalue weighted by Gasteiger charge is -2.13. The molecule has 3 aromatic carbocycles. The van der Waals surface area contributed by atoms with Gasteiger partial charge in [-0.25, -0.2) is 17.6 Å². The number of alkyl halides is 2. The third-order valence-corrected chi connectivity index (χ3v) is 5.53. The lowest BCUT2D eigenvalue weighted by atomic mass is 9.95. The molecule has 0 heterocycles. The monoisotopic (exact) mass is 482 g/mol. The third-order valence-electron chi connectivity index (χ3n) is 5.53. The first-order valence-electron chi connectivity index (χ1n) is 10.9. The summed E-state index contributed by atoms with van der Waals surface area (Å²) in [6.45, 7) is -1.30. The molecule has 0 amide bonds. The van der Waals surface area contributed by atoms with Crippen molar-refractivity contribution in [1.29, 1.82) is 0 Å². The number of phenolic OH excluding ortho intramolecular Hbond substituents is 1. The van der Waals surface area contributed by atoms with Crippen molar-refractivity contribution < 1.29 is 36.2 Å². The zero-order valence-electron chi connectivity index (χ0n) is 18.5. The number of hydrogen-bond donors (Lipinski definition) is 1. The van der Waals surface area contributed by atoms with E-state index in [9.17, 15) is 27.1 Å². The van der Waals surface area contributed by atoms with E-state index in [0.29, 0.717) is 5.56 Å². The number of aromatic hydroxyl groups is 1. The van der Waals surface area contributed by atoms with Crippen molar-refractivity contribution >= 4 is 0 Å². The molecule has 8 heteroatoms. The Kier molecular flexibility index (Phi) is 8.47. The first kappa shape index (κ1) is 25.5. The molecule has 0 unspecified atom stereocenters. The molecule has 0 aliphatic rings. The topological polar surface area (TPSA) is 29.5 Å². The van der Waals surface area contributed by atoms with Crippen molar-refractivity contribution in [2.24, 2.45) is 0 Å². The van der Waals surface area contributed by atoms with Gasteiger partial charge in [-0.1, -0.05) is 44.0 Å². The number of aryl methyl sites for hydroxylation is 2. The minimum absolute atomic E-state index is 0.00136. The molecule has 0 bridgehead atoms. The van der Waals surface area contributed by atoms with Crippen molar-refractivity contribution in [3.05, 3.63) is 82.4 Å². The predicted octanol–water partition coefficient (Wildman–Crippen LogP) is 7.73. The molecule has 0 aliphatic heterocycles. The molecule has 182 valence electrons. The Bertz CT molecular complexity index is 1110. The van der Waals surface area contributed by atoms with E-state index >= 15 is 4.39 Å². The molecule has 0 saturated carbocycles. The van der Waals surface area contributed by atoms with E-state index in [0.717, 1.165) is 49.4 Å². The lowest BCUT2D eigenvalue weighted by Crippen LogP contribution is -2.07. The Morgan fingerprint density at radius 1 is 0.794 bits per heavy atom. The fourth-order valence-electron chi connectivity index (χ4n) is 3.80. The molecular formula is C26H24F6O2. The van der Waals surface area contributed by atoms with Crippen LogP contribution in [0, 0.1) is 23.3 Å². The van der Waals surface area contributed by atoms with Gasteiger partial charge in [0.05, 0.1) is 5.56 Å². The molecule has 0 saturated heterocycles. The normalized spacial score (nSPS) is 11.3. The molecule has 0 fully saturated rings. The summed E-state index contributed by atoms with van der Waals surface area (Å²) in [5, 5.41) is 10.2. The second kappa shape index (κ2) is 11.3. The van der Waals surface area contributed by atoms with Gasteiger partial charge in [0.25, 0.3) is 0 Å². The Hall–Kier alpha value is -3.16. The van der Waals surface area contributed by atoms with Gasteiger partial charge in [0, 0.05) is 11.6 Å². The fourth-order valence-corrected chi connectivity index (χ4v) is 3.80. The SMILES string of the molecule is CCCCCc1ccc(-c2c(O)cc(F)c(CCc3cc(F)c(OC(F)F)c(F)c3)c2F)cc1. The number of phenols is 1. The van der Waals surface area contributed by atoms with Gasteiger partial charge in [-0.2, -0.15) is 8.78 Å². The highest BCUT2D eigenvalue weighted by Crippen LogP contribution is 2.36. The van der Waals surface area contributed by atoms with E-state index in [1.54, 1.807) is 12.1 Å². The van der Waals surface area contributed by atoms with Gasteiger partial charge < -0.3 is 9.84 Å². The number of hydrogen-bond acceptors (Lipinski definition) is 2. The average Bonchev–Trinajstić information content (AvgIpc) is 2.77. The number of benzene rings is 3. The van der Waals surface area contributed by atoms with Crippen LogP contribution in [0.15, 0.2) is 42.5 Å². The molecule has 1 N–H and O–H groups in total. The van der Waals surface area contributed by atoms with E-state index in [1.165, 1.54) is 0 Å². The van der Waals surface area contributed by atoms with Gasteiger partial charge in [-0.3, -0.25) is 0 Å². The second-order valence-corrected chi connectivity index (χ2v) is 7.97. The molecule has 0 aromatic heterocycles. The zero-order chi connectivity index (χ0) is 24.8. The molecule has 3 aromatic rings. The fraction of sp³-hybridized carbons (Fsp3) is 0.308. The Labute approximate surface area is 193 Å². The standard InChI is InChI=1S/C26H24F6O2/c1-2-3-4-5-15-6-9-17(10-7-15)23-22(33)14-19(27)18(24(23)30)11-8-16-12-20(28)25(21(29)13-16)34-26(31)32/h6-7,9-10,12-14,26,33H,2-5,8,11H2,1H3. The summed E-state index contributed by atoms with van der Waals surface area (Å²) in [7, 11) is 0. The number of unbranched alkanes of at least 4 members (excludes halogenated alkanes) is 2. The maximum atomic E-state index is 15.2. The molecule has 2 nitrogen and oxygen atoms in total. The molecule has 0 aliphatic carbocycles. The maximum absolute atomic E-state index is 15.2. The third kappa shape index (κ3) is 6.04. The summed E-state index contributed by atoms with van der Waals surface area (Å²) in [6, 6.07) is 9.28. The highest BCUT2D eigenvalue weighted by Gasteiger charge is 2.21. The van der Waals surface area contributed by atoms with Gasteiger partial charge in [0.15, 0.2) is 17.4 Å². The Morgan fingerprint density at radius 3 is 2.03 bits per heavy atom. The quantitative estimate of drug-likeness (QED) is 0.237. The number of halogens is 6. The predicted molar refractivity (Wildman–Crippen MR) is 117 cm³/mol. The molecule has 0 radical (unpaired) electrons. The highest BCUT2D eigenvalue weighted by molar-refractivity contribution is 5.72. The van der Waals surface area contributed by atoms with Crippen molar-refractivity contribution in [3.8, 4) is 22.6 Å². The first-order chi connectivity index (χ1) is 16.2. The maximum Gasteiger partial charge on any atom is 0.387 e. The van der Waals surface area contributed by atoms with Gasteiger partial charge >= 0.3 is 6.61 Å². The van der Waals surface area contributed by atoms with Crippen molar-refractivity contribution in [1.82, 2.24) is 0 Å².